The number of hydrogen-bond donors (Lipinski definition) is 2. The van der Waals surface area contributed by atoms with Gasteiger partial charge in [0.1, 0.15) is 29.3 Å². The summed E-state index contributed by atoms with van der Waals surface area (Å²) in [5, 5.41) is 6.51. The van der Waals surface area contributed by atoms with E-state index in [1.54, 1.807) is 37.8 Å². The predicted octanol–water partition coefficient (Wildman–Crippen LogP) is 5.10. The van der Waals surface area contributed by atoms with Crippen molar-refractivity contribution < 1.29 is 32.9 Å². The molecule has 0 atom stereocenters. The molecule has 14 nitrogen and oxygen atoms in total. The van der Waals surface area contributed by atoms with Gasteiger partial charge in [-0.1, -0.05) is 0 Å². The van der Waals surface area contributed by atoms with Gasteiger partial charge in [0, 0.05) is 50.3 Å². The van der Waals surface area contributed by atoms with Gasteiger partial charge in [0.25, 0.3) is 0 Å². The van der Waals surface area contributed by atoms with Crippen molar-refractivity contribution in [2.45, 2.75) is 72.6 Å². The Morgan fingerprint density at radius 2 is 1.79 bits per heavy atom. The van der Waals surface area contributed by atoms with E-state index in [9.17, 15) is 9.59 Å². The largest absolute Gasteiger partial charge is 0.476 e. The molecule has 1 aromatic carbocycles. The third-order valence-electron chi connectivity index (χ3n) is 9.04. The molecule has 2 aromatic rings. The highest BCUT2D eigenvalue weighted by Crippen LogP contribution is 2.33. The molecule has 5 heterocycles. The average Bonchev–Trinajstić information content (AvgIpc) is 3.08. The average molecular weight is 723 g/mol. The number of ether oxygens (including phenoxy) is 4. The number of carbonyl (C=O) groups excluding carboxylic acids is 2. The van der Waals surface area contributed by atoms with Crippen LogP contribution in [0.2, 0.25) is 0 Å². The highest BCUT2D eigenvalue weighted by molar-refractivity contribution is 5.88. The van der Waals surface area contributed by atoms with Crippen LogP contribution in [0.25, 0.3) is 0 Å². The Balaban J connectivity index is 1.17. The molecule has 0 spiro atoms. The summed E-state index contributed by atoms with van der Waals surface area (Å²) in [6, 6.07) is 4.62. The fourth-order valence-corrected chi connectivity index (χ4v) is 6.55. The third kappa shape index (κ3) is 8.87. The molecule has 2 N–H and O–H groups in total. The smallest absolute Gasteiger partial charge is 0.415 e. The molecule has 1 saturated heterocycles. The van der Waals surface area contributed by atoms with Gasteiger partial charge in [0.15, 0.2) is 0 Å². The molecule has 6 rings (SSSR count). The number of carbonyl (C=O) groups is 2. The highest BCUT2D eigenvalue weighted by atomic mass is 19.1. The molecule has 0 radical (unpaired) electrons. The summed E-state index contributed by atoms with van der Waals surface area (Å²) in [5.74, 6) is 0.336. The second-order valence-corrected chi connectivity index (χ2v) is 15.3. The van der Waals surface area contributed by atoms with E-state index in [1.807, 2.05) is 33.9 Å². The third-order valence-corrected chi connectivity index (χ3v) is 9.04. The number of fused-ring (bicyclic) bond motifs is 1. The van der Waals surface area contributed by atoms with Crippen molar-refractivity contribution in [3.8, 4) is 0 Å². The number of allylic oxidation sites excluding steroid dienone is 1. The molecule has 2 amide bonds. The Hall–Kier alpha value is -4.63. The fourth-order valence-electron chi connectivity index (χ4n) is 6.55. The van der Waals surface area contributed by atoms with Gasteiger partial charge < -0.3 is 34.5 Å². The Bertz CT molecular complexity index is 1730. The minimum Gasteiger partial charge on any atom is -0.476 e. The Morgan fingerprint density at radius 1 is 1.04 bits per heavy atom. The van der Waals surface area contributed by atoms with Crippen molar-refractivity contribution >= 4 is 29.5 Å². The number of benzene rings is 1. The molecular weight excluding hydrogens is 671 g/mol. The molecule has 0 bridgehead atoms. The van der Waals surface area contributed by atoms with Gasteiger partial charge in [-0.25, -0.2) is 23.9 Å². The zero-order valence-corrected chi connectivity index (χ0v) is 31.3. The van der Waals surface area contributed by atoms with Crippen molar-refractivity contribution in [3.63, 3.8) is 0 Å². The number of amides is 2. The van der Waals surface area contributed by atoms with Crippen LogP contribution in [0.5, 0.6) is 0 Å². The number of hydrogen-bond acceptors (Lipinski definition) is 12. The number of nitrogens with zero attached hydrogens (tertiary/aromatic N) is 6. The minimum absolute atomic E-state index is 0.131. The zero-order valence-electron chi connectivity index (χ0n) is 31.3. The van der Waals surface area contributed by atoms with Crippen molar-refractivity contribution in [3.05, 3.63) is 64.3 Å². The number of halogens is 1. The predicted molar refractivity (Wildman–Crippen MR) is 193 cm³/mol. The summed E-state index contributed by atoms with van der Waals surface area (Å²) in [4.78, 5) is 43.2. The van der Waals surface area contributed by atoms with E-state index < -0.39 is 29.2 Å². The first-order chi connectivity index (χ1) is 24.6. The first-order valence-corrected chi connectivity index (χ1v) is 17.9. The minimum atomic E-state index is -0.737. The van der Waals surface area contributed by atoms with Crippen LogP contribution in [0.4, 0.5) is 31.3 Å². The Morgan fingerprint density at radius 3 is 2.50 bits per heavy atom. The lowest BCUT2D eigenvalue weighted by molar-refractivity contribution is 0.0190. The number of morpholine rings is 1. The van der Waals surface area contributed by atoms with Gasteiger partial charge in [0.05, 0.1) is 44.2 Å². The van der Waals surface area contributed by atoms with E-state index in [4.69, 9.17) is 23.9 Å². The van der Waals surface area contributed by atoms with Crippen LogP contribution in [0.3, 0.4) is 0 Å². The molecule has 0 aliphatic carbocycles. The number of nitrogens with one attached hydrogen (secondary N) is 2. The second kappa shape index (κ2) is 15.2. The van der Waals surface area contributed by atoms with Gasteiger partial charge >= 0.3 is 12.2 Å². The summed E-state index contributed by atoms with van der Waals surface area (Å²) < 4.78 is 38.5. The molecule has 0 saturated carbocycles. The van der Waals surface area contributed by atoms with Crippen LogP contribution in [-0.2, 0) is 31.9 Å². The van der Waals surface area contributed by atoms with Crippen molar-refractivity contribution in [2.24, 2.45) is 0 Å². The summed E-state index contributed by atoms with van der Waals surface area (Å²) in [6.07, 6.45) is 1.53. The number of rotatable bonds is 7. The van der Waals surface area contributed by atoms with Crippen LogP contribution >= 0.6 is 0 Å². The zero-order chi connectivity index (χ0) is 37.2. The maximum Gasteiger partial charge on any atom is 0.415 e. The van der Waals surface area contributed by atoms with E-state index >= 15 is 4.39 Å². The lowest BCUT2D eigenvalue weighted by atomic mass is 10.0. The maximum absolute atomic E-state index is 15.8. The monoisotopic (exact) mass is 722 g/mol. The summed E-state index contributed by atoms with van der Waals surface area (Å²) in [6.45, 7) is 19.1. The molecule has 52 heavy (non-hydrogen) atoms. The molecule has 15 heteroatoms. The van der Waals surface area contributed by atoms with Gasteiger partial charge in [-0.15, -0.1) is 0 Å². The highest BCUT2D eigenvalue weighted by Gasteiger charge is 2.36. The van der Waals surface area contributed by atoms with Gasteiger partial charge in [-0.05, 0) is 84.2 Å². The van der Waals surface area contributed by atoms with E-state index in [-0.39, 0.29) is 12.2 Å². The fraction of sp³-hybridized carbons (Fsp3) is 0.568. The number of dihydropyridines is 1. The standard InChI is InChI=1S/C37H51FN8O6/c1-24-30(22-39-32-31(24)46(16-19-50-32)35(48)52-37(5,6)7)44-11-10-25-21-40-33(42-28(25)23-44)41-26-8-9-29(27(38)20-26)45(34(47)51-36(2,3)4)13-12-43-14-17-49-18-15-43/h8-9,20-21,39H,10-19,22-23H2,1-7H3,(H,40,41,42). The molecule has 0 unspecified atom stereocenters. The molecule has 4 aliphatic rings. The van der Waals surface area contributed by atoms with Crippen LogP contribution in [-0.4, -0.2) is 114 Å². The van der Waals surface area contributed by atoms with Crippen LogP contribution in [0.1, 0.15) is 59.7 Å². The normalized spacial score (nSPS) is 18.2. The maximum atomic E-state index is 15.8. The number of aromatic nitrogens is 2. The van der Waals surface area contributed by atoms with E-state index in [0.717, 1.165) is 48.6 Å². The van der Waals surface area contributed by atoms with Crippen LogP contribution < -0.4 is 15.5 Å². The van der Waals surface area contributed by atoms with E-state index in [0.29, 0.717) is 69.2 Å². The lowest BCUT2D eigenvalue weighted by Gasteiger charge is -2.40. The summed E-state index contributed by atoms with van der Waals surface area (Å²) in [7, 11) is 0. The topological polar surface area (TPSA) is 134 Å². The number of anilines is 3. The van der Waals surface area contributed by atoms with Gasteiger partial charge in [0.2, 0.25) is 11.8 Å². The van der Waals surface area contributed by atoms with Crippen LogP contribution in [0.15, 0.2) is 47.2 Å². The molecule has 282 valence electrons. The van der Waals surface area contributed by atoms with Crippen molar-refractivity contribution in [2.75, 3.05) is 75.9 Å². The molecular formula is C37H51FN8O6. The summed E-state index contributed by atoms with van der Waals surface area (Å²) >= 11 is 0. The lowest BCUT2D eigenvalue weighted by Crippen LogP contribution is -2.47. The first-order valence-electron chi connectivity index (χ1n) is 17.9. The Kier molecular flexibility index (Phi) is 10.8. The molecule has 1 aromatic heterocycles. The van der Waals surface area contributed by atoms with E-state index in [2.05, 4.69) is 25.4 Å². The first kappa shape index (κ1) is 37.1. The van der Waals surface area contributed by atoms with Crippen molar-refractivity contribution in [1.82, 2.24) is 30.0 Å². The summed E-state index contributed by atoms with van der Waals surface area (Å²) in [5.41, 5.74) is 3.77. The molecule has 4 aliphatic heterocycles. The van der Waals surface area contributed by atoms with Crippen molar-refractivity contribution in [1.29, 1.82) is 0 Å². The SMILES string of the molecule is CC1=C(N2CCc3cnc(Nc4ccc(N(CCN5CCOCC5)C(=O)OC(C)(C)C)c(F)c4)nc3C2)CNC2=C1N(C(=O)OC(C)(C)C)CCO2. The van der Waals surface area contributed by atoms with Crippen LogP contribution in [0, 0.1) is 5.82 Å². The van der Waals surface area contributed by atoms with Gasteiger partial charge in [-0.2, -0.15) is 0 Å². The quantitative estimate of drug-likeness (QED) is 0.394. The van der Waals surface area contributed by atoms with E-state index in [1.165, 1.54) is 11.0 Å². The Labute approximate surface area is 304 Å². The molecule has 1 fully saturated rings. The van der Waals surface area contributed by atoms with Gasteiger partial charge in [-0.3, -0.25) is 14.7 Å². The second-order valence-electron chi connectivity index (χ2n) is 15.3.